The molecule has 5 rings (SSSR count). The van der Waals surface area contributed by atoms with E-state index in [9.17, 15) is 9.59 Å². The van der Waals surface area contributed by atoms with Gasteiger partial charge in [0, 0.05) is 21.2 Å². The molecule has 37 heavy (non-hydrogen) atoms. The highest BCUT2D eigenvalue weighted by molar-refractivity contribution is 6.31. The predicted octanol–water partition coefficient (Wildman–Crippen LogP) is 6.68. The molecule has 0 bridgehead atoms. The quantitative estimate of drug-likeness (QED) is 0.259. The van der Waals surface area contributed by atoms with Crippen LogP contribution in [0.4, 0.5) is 5.69 Å². The number of benzene rings is 3. The minimum atomic E-state index is -0.484. The van der Waals surface area contributed by atoms with E-state index in [2.05, 4.69) is 0 Å². The van der Waals surface area contributed by atoms with E-state index in [1.807, 2.05) is 72.8 Å². The van der Waals surface area contributed by atoms with Crippen LogP contribution < -0.4 is 9.64 Å². The van der Waals surface area contributed by atoms with Gasteiger partial charge < -0.3 is 9.47 Å². The molecule has 1 aliphatic rings. The van der Waals surface area contributed by atoms with E-state index in [-0.39, 0.29) is 25.7 Å². The lowest BCUT2D eigenvalue weighted by Crippen LogP contribution is -2.42. The van der Waals surface area contributed by atoms with Crippen molar-refractivity contribution in [2.45, 2.75) is 6.92 Å². The van der Waals surface area contributed by atoms with Gasteiger partial charge in [-0.2, -0.15) is 0 Å². The fourth-order valence-corrected chi connectivity index (χ4v) is 4.38. The zero-order valence-electron chi connectivity index (χ0n) is 19.9. The van der Waals surface area contributed by atoms with Crippen LogP contribution in [0, 0.1) is 0 Å². The summed E-state index contributed by atoms with van der Waals surface area (Å²) >= 11 is 12.2. The molecule has 1 aliphatic heterocycles. The SMILES string of the molecule is CCOC(=O)CN1C(=O)COc2ccc(-c3cc(-c4ccc(Cl)cc4)cc(-c4ccc(Cl)cc4)n3)cc21. The molecule has 0 saturated carbocycles. The van der Waals surface area contributed by atoms with Gasteiger partial charge in [0.1, 0.15) is 12.3 Å². The summed E-state index contributed by atoms with van der Waals surface area (Å²) in [5.41, 5.74) is 5.53. The molecular weight excluding hydrogens is 511 g/mol. The molecule has 0 aliphatic carbocycles. The van der Waals surface area contributed by atoms with Crippen LogP contribution in [0.5, 0.6) is 5.75 Å². The topological polar surface area (TPSA) is 68.7 Å². The van der Waals surface area contributed by atoms with Crippen molar-refractivity contribution in [3.8, 4) is 39.4 Å². The minimum Gasteiger partial charge on any atom is -0.482 e. The van der Waals surface area contributed by atoms with Gasteiger partial charge in [0.15, 0.2) is 6.61 Å². The Balaban J connectivity index is 1.62. The molecule has 0 unspecified atom stereocenters. The number of hydrogen-bond acceptors (Lipinski definition) is 5. The van der Waals surface area contributed by atoms with Gasteiger partial charge in [0.25, 0.3) is 5.91 Å². The molecule has 4 aromatic rings. The van der Waals surface area contributed by atoms with Crippen molar-refractivity contribution in [3.05, 3.63) is 88.9 Å². The zero-order valence-corrected chi connectivity index (χ0v) is 21.4. The number of anilines is 1. The standard InChI is InChI=1S/C29H22Cl2N2O4/c1-2-36-29(35)16-33-26-15-20(7-12-27(26)37-17-28(33)34)25-14-21(18-3-8-22(30)9-4-18)13-24(32-25)19-5-10-23(31)11-6-19/h3-15H,2,16-17H2,1H3. The highest BCUT2D eigenvalue weighted by atomic mass is 35.5. The fourth-order valence-electron chi connectivity index (χ4n) is 4.13. The van der Waals surface area contributed by atoms with Gasteiger partial charge in [-0.15, -0.1) is 0 Å². The molecule has 0 saturated heterocycles. The summed E-state index contributed by atoms with van der Waals surface area (Å²) < 4.78 is 10.7. The number of pyridine rings is 1. The summed E-state index contributed by atoms with van der Waals surface area (Å²) in [6.45, 7) is 1.62. The molecule has 186 valence electrons. The Bertz CT molecular complexity index is 1410. The summed E-state index contributed by atoms with van der Waals surface area (Å²) in [7, 11) is 0. The van der Waals surface area contributed by atoms with Crippen molar-refractivity contribution < 1.29 is 19.1 Å². The summed E-state index contributed by atoms with van der Waals surface area (Å²) in [4.78, 5) is 31.1. The number of nitrogens with zero attached hydrogens (tertiary/aromatic N) is 2. The Morgan fingerprint density at radius 1 is 0.865 bits per heavy atom. The number of rotatable bonds is 6. The lowest BCUT2D eigenvalue weighted by Gasteiger charge is -2.29. The van der Waals surface area contributed by atoms with Crippen LogP contribution in [0.25, 0.3) is 33.6 Å². The van der Waals surface area contributed by atoms with Crippen molar-refractivity contribution in [2.24, 2.45) is 0 Å². The monoisotopic (exact) mass is 532 g/mol. The molecule has 0 fully saturated rings. The average Bonchev–Trinajstić information content (AvgIpc) is 2.91. The maximum atomic E-state index is 12.6. The van der Waals surface area contributed by atoms with Gasteiger partial charge >= 0.3 is 5.97 Å². The first-order valence-electron chi connectivity index (χ1n) is 11.7. The first kappa shape index (κ1) is 24.8. The molecular formula is C29H22Cl2N2O4. The van der Waals surface area contributed by atoms with Gasteiger partial charge in [-0.1, -0.05) is 47.5 Å². The summed E-state index contributed by atoms with van der Waals surface area (Å²) in [6.07, 6.45) is 0. The smallest absolute Gasteiger partial charge is 0.326 e. The molecule has 0 N–H and O–H groups in total. The maximum absolute atomic E-state index is 12.6. The first-order chi connectivity index (χ1) is 17.9. The van der Waals surface area contributed by atoms with E-state index >= 15 is 0 Å². The second-order valence-electron chi connectivity index (χ2n) is 8.40. The Kier molecular flexibility index (Phi) is 7.12. The second kappa shape index (κ2) is 10.6. The van der Waals surface area contributed by atoms with Gasteiger partial charge in [0.05, 0.1) is 23.7 Å². The summed E-state index contributed by atoms with van der Waals surface area (Å²) in [5, 5.41) is 1.29. The number of carbonyl (C=O) groups is 2. The zero-order chi connectivity index (χ0) is 25.9. The van der Waals surface area contributed by atoms with Crippen LogP contribution in [0.3, 0.4) is 0 Å². The third kappa shape index (κ3) is 5.45. The second-order valence-corrected chi connectivity index (χ2v) is 9.27. The van der Waals surface area contributed by atoms with Gasteiger partial charge in [-0.3, -0.25) is 14.5 Å². The number of amides is 1. The highest BCUT2D eigenvalue weighted by Gasteiger charge is 2.28. The molecule has 3 aromatic carbocycles. The van der Waals surface area contributed by atoms with Crippen LogP contribution in [0.2, 0.25) is 10.0 Å². The summed E-state index contributed by atoms with van der Waals surface area (Å²) in [5.74, 6) is -0.288. The van der Waals surface area contributed by atoms with Crippen LogP contribution in [-0.4, -0.2) is 36.6 Å². The molecule has 0 radical (unpaired) electrons. The van der Waals surface area contributed by atoms with Crippen molar-refractivity contribution in [1.82, 2.24) is 4.98 Å². The van der Waals surface area contributed by atoms with E-state index in [0.29, 0.717) is 27.2 Å². The summed E-state index contributed by atoms with van der Waals surface area (Å²) in [6, 6.07) is 24.5. The molecule has 0 spiro atoms. The Morgan fingerprint density at radius 2 is 1.46 bits per heavy atom. The molecule has 2 heterocycles. The molecule has 8 heteroatoms. The normalized spacial score (nSPS) is 12.6. The first-order valence-corrected chi connectivity index (χ1v) is 12.4. The molecule has 1 aromatic heterocycles. The van der Waals surface area contributed by atoms with Crippen molar-refractivity contribution >= 4 is 40.8 Å². The number of carbonyl (C=O) groups excluding carboxylic acids is 2. The number of ether oxygens (including phenoxy) is 2. The van der Waals surface area contributed by atoms with E-state index in [4.69, 9.17) is 37.7 Å². The van der Waals surface area contributed by atoms with E-state index in [1.54, 1.807) is 13.0 Å². The predicted molar refractivity (Wildman–Crippen MR) is 145 cm³/mol. The third-order valence-electron chi connectivity index (χ3n) is 5.93. The lowest BCUT2D eigenvalue weighted by atomic mass is 9.99. The van der Waals surface area contributed by atoms with Crippen molar-refractivity contribution in [1.29, 1.82) is 0 Å². The number of aromatic nitrogens is 1. The average molecular weight is 533 g/mol. The molecule has 1 amide bonds. The van der Waals surface area contributed by atoms with Crippen LogP contribution in [-0.2, 0) is 14.3 Å². The molecule has 0 atom stereocenters. The van der Waals surface area contributed by atoms with Crippen LogP contribution in [0.1, 0.15) is 6.92 Å². The molecule has 6 nitrogen and oxygen atoms in total. The third-order valence-corrected chi connectivity index (χ3v) is 6.44. The largest absolute Gasteiger partial charge is 0.482 e. The van der Waals surface area contributed by atoms with E-state index in [0.717, 1.165) is 27.9 Å². The fraction of sp³-hybridized carbons (Fsp3) is 0.138. The number of hydrogen-bond donors (Lipinski definition) is 0. The van der Waals surface area contributed by atoms with Crippen molar-refractivity contribution in [2.75, 3.05) is 24.7 Å². The highest BCUT2D eigenvalue weighted by Crippen LogP contribution is 2.37. The van der Waals surface area contributed by atoms with Crippen molar-refractivity contribution in [3.63, 3.8) is 0 Å². The number of esters is 1. The minimum absolute atomic E-state index is 0.142. The van der Waals surface area contributed by atoms with Crippen LogP contribution in [0.15, 0.2) is 78.9 Å². The van der Waals surface area contributed by atoms with Gasteiger partial charge in [0.2, 0.25) is 0 Å². The number of fused-ring (bicyclic) bond motifs is 1. The van der Waals surface area contributed by atoms with Gasteiger partial charge in [-0.05, 0) is 72.6 Å². The lowest BCUT2D eigenvalue weighted by molar-refractivity contribution is -0.142. The Morgan fingerprint density at radius 3 is 2.11 bits per heavy atom. The maximum Gasteiger partial charge on any atom is 0.326 e. The van der Waals surface area contributed by atoms with Crippen LogP contribution >= 0.6 is 23.2 Å². The Hall–Kier alpha value is -3.87. The van der Waals surface area contributed by atoms with E-state index < -0.39 is 5.97 Å². The van der Waals surface area contributed by atoms with E-state index in [1.165, 1.54) is 4.90 Å². The van der Waals surface area contributed by atoms with Gasteiger partial charge in [-0.25, -0.2) is 4.98 Å². The Labute approximate surface area is 224 Å². The number of halogens is 2.